The lowest BCUT2D eigenvalue weighted by molar-refractivity contribution is -0.236. The fourth-order valence-electron chi connectivity index (χ4n) is 9.94. The van der Waals surface area contributed by atoms with Crippen molar-refractivity contribution in [1.29, 1.82) is 0 Å². The van der Waals surface area contributed by atoms with Gasteiger partial charge in [0.15, 0.2) is 35.7 Å². The summed E-state index contributed by atoms with van der Waals surface area (Å²) in [7, 11) is 0. The lowest BCUT2D eigenvalue weighted by Gasteiger charge is -2.38. The highest BCUT2D eigenvalue weighted by Gasteiger charge is 2.60. The number of ether oxygens (including phenoxy) is 12. The monoisotopic (exact) mass is 950 g/mol. The van der Waals surface area contributed by atoms with Crippen molar-refractivity contribution < 1.29 is 56.8 Å². The van der Waals surface area contributed by atoms with E-state index < -0.39 is 60.1 Å². The summed E-state index contributed by atoms with van der Waals surface area (Å²) in [6.45, 7) is 21.6. The molecule has 6 fully saturated rings. The van der Waals surface area contributed by atoms with Crippen LogP contribution in [0.25, 0.3) is 0 Å². The van der Waals surface area contributed by atoms with Gasteiger partial charge in [-0.25, -0.2) is 0 Å². The first-order valence-corrected chi connectivity index (χ1v) is 23.6. The van der Waals surface area contributed by atoms with Gasteiger partial charge >= 0.3 is 0 Å². The molecule has 0 saturated carbocycles. The minimum absolute atomic E-state index is 0.249. The molecule has 0 spiro atoms. The summed E-state index contributed by atoms with van der Waals surface area (Å²) in [6, 6.07) is 17.9. The second-order valence-corrected chi connectivity index (χ2v) is 20.5. The summed E-state index contributed by atoms with van der Waals surface area (Å²) in [5, 5.41) is 0. The molecule has 6 aliphatic heterocycles. The summed E-state index contributed by atoms with van der Waals surface area (Å²) in [6.07, 6.45) is 0.0759. The van der Waals surface area contributed by atoms with Gasteiger partial charge < -0.3 is 56.8 Å². The van der Waals surface area contributed by atoms with Gasteiger partial charge in [-0.1, -0.05) is 91.4 Å². The Morgan fingerprint density at radius 3 is 1.52 bits per heavy atom. The Bertz CT molecular complexity index is 1670. The third-order valence-electron chi connectivity index (χ3n) is 12.8. The molecule has 11 atom stereocenters. The van der Waals surface area contributed by atoms with Crippen LogP contribution in [0.2, 0.25) is 0 Å². The first kappa shape index (κ1) is 45.3. The molecular formula is C47H67IO12. The lowest BCUT2D eigenvalue weighted by Crippen LogP contribution is -2.44. The number of hydrogen-bond acceptors (Lipinski definition) is 12. The average molecular weight is 951 g/mol. The second-order valence-electron chi connectivity index (χ2n) is 19.4. The predicted octanol–water partition coefficient (Wildman–Crippen LogP) is 8.45. The van der Waals surface area contributed by atoms with Crippen molar-refractivity contribution in [3.05, 3.63) is 70.8 Å². The molecule has 0 bridgehead atoms. The van der Waals surface area contributed by atoms with Crippen molar-refractivity contribution in [2.24, 2.45) is 5.92 Å². The van der Waals surface area contributed by atoms with E-state index in [1.165, 1.54) is 11.1 Å². The van der Waals surface area contributed by atoms with Gasteiger partial charge in [-0.2, -0.15) is 0 Å². The molecule has 8 rings (SSSR count). The van der Waals surface area contributed by atoms with Crippen molar-refractivity contribution in [1.82, 2.24) is 0 Å². The summed E-state index contributed by atoms with van der Waals surface area (Å²) in [4.78, 5) is 0. The van der Waals surface area contributed by atoms with E-state index in [4.69, 9.17) is 56.8 Å². The van der Waals surface area contributed by atoms with Crippen LogP contribution in [0.15, 0.2) is 48.5 Å². The Balaban J connectivity index is 1.05. The summed E-state index contributed by atoms with van der Waals surface area (Å²) in [5.74, 6) is -2.46. The zero-order valence-electron chi connectivity index (χ0n) is 37.1. The van der Waals surface area contributed by atoms with Gasteiger partial charge in [-0.15, -0.1) is 0 Å². The smallest absolute Gasteiger partial charge is 0.190 e. The first-order valence-electron chi connectivity index (χ1n) is 22.0. The summed E-state index contributed by atoms with van der Waals surface area (Å²) < 4.78 is 77.1. The van der Waals surface area contributed by atoms with Crippen molar-refractivity contribution in [2.45, 2.75) is 198 Å². The molecule has 334 valence electrons. The van der Waals surface area contributed by atoms with E-state index in [2.05, 4.69) is 85.0 Å². The molecule has 0 amide bonds. The minimum Gasteiger partial charge on any atom is -0.368 e. The van der Waals surface area contributed by atoms with Gasteiger partial charge in [-0.3, -0.25) is 0 Å². The van der Waals surface area contributed by atoms with Crippen molar-refractivity contribution in [3.63, 3.8) is 0 Å². The van der Waals surface area contributed by atoms with Crippen molar-refractivity contribution >= 4 is 22.6 Å². The second kappa shape index (κ2) is 17.6. The molecule has 13 heteroatoms. The molecule has 0 N–H and O–H groups in total. The van der Waals surface area contributed by atoms with Crippen LogP contribution in [0.5, 0.6) is 0 Å². The number of halogens is 1. The van der Waals surface area contributed by atoms with Crippen molar-refractivity contribution in [3.8, 4) is 0 Å². The van der Waals surface area contributed by atoms with E-state index in [-0.39, 0.29) is 29.8 Å². The highest BCUT2D eigenvalue weighted by atomic mass is 127. The first-order chi connectivity index (χ1) is 28.4. The molecule has 6 aliphatic rings. The van der Waals surface area contributed by atoms with E-state index in [9.17, 15) is 0 Å². The van der Waals surface area contributed by atoms with Gasteiger partial charge in [0.2, 0.25) is 0 Å². The Morgan fingerprint density at radius 1 is 0.650 bits per heavy atom. The molecule has 2 aromatic rings. The van der Waals surface area contributed by atoms with Crippen LogP contribution in [-0.2, 0) is 75.5 Å². The lowest BCUT2D eigenvalue weighted by atomic mass is 9.66. The van der Waals surface area contributed by atoms with E-state index >= 15 is 0 Å². The Hall–Kier alpha value is -1.31. The van der Waals surface area contributed by atoms with Crippen LogP contribution in [0.1, 0.15) is 117 Å². The Labute approximate surface area is 370 Å². The molecule has 6 heterocycles. The van der Waals surface area contributed by atoms with E-state index in [1.807, 2.05) is 55.4 Å². The number of fused-ring (bicyclic) bond motifs is 2. The third-order valence-corrected chi connectivity index (χ3v) is 13.6. The highest BCUT2D eigenvalue weighted by molar-refractivity contribution is 14.1. The standard InChI is InChI=1S/C47H67IO12/c1-11-28(2)23-47(19-14-20-48,31-17-12-15-29(21-31)24-49-37-35(33-26-51-43(3,4)55-33)53-41-39(37)57-45(7,8)59-41)32-18-13-16-30(22-32)25-50-38-36(34-27-52-44(5,6)56-34)54-42-40(38)58-46(9,10)60-42/h12-13,15-18,21-22,28,33-42H,11,14,19-20,23-27H2,1-10H3/t28?,33-,34-,35-,36-,37+,38+,39-,40-,41-,42-/m1/s1. The molecular weight excluding hydrogens is 883 g/mol. The Morgan fingerprint density at radius 2 is 1.12 bits per heavy atom. The molecule has 6 saturated heterocycles. The number of benzene rings is 2. The topological polar surface area (TPSA) is 111 Å². The van der Waals surface area contributed by atoms with Gasteiger partial charge in [0.1, 0.15) is 48.8 Å². The molecule has 12 nitrogen and oxygen atoms in total. The fourth-order valence-corrected chi connectivity index (χ4v) is 10.3. The van der Waals surface area contributed by atoms with E-state index in [0.717, 1.165) is 41.2 Å². The minimum atomic E-state index is -0.775. The molecule has 0 radical (unpaired) electrons. The van der Waals surface area contributed by atoms with Gasteiger partial charge in [0.05, 0.1) is 26.4 Å². The molecule has 0 aromatic heterocycles. The maximum Gasteiger partial charge on any atom is 0.190 e. The average Bonchev–Trinajstić information content (AvgIpc) is 4.02. The van der Waals surface area contributed by atoms with Crippen LogP contribution in [0.3, 0.4) is 0 Å². The van der Waals surface area contributed by atoms with Gasteiger partial charge in [0, 0.05) is 5.41 Å². The quantitative estimate of drug-likeness (QED) is 0.119. The number of alkyl halides is 1. The predicted molar refractivity (Wildman–Crippen MR) is 230 cm³/mol. The number of hydrogen-bond donors (Lipinski definition) is 0. The molecule has 2 aromatic carbocycles. The van der Waals surface area contributed by atoms with Crippen LogP contribution >= 0.6 is 22.6 Å². The van der Waals surface area contributed by atoms with E-state index in [1.54, 1.807) is 0 Å². The van der Waals surface area contributed by atoms with Crippen LogP contribution in [-0.4, -0.2) is 102 Å². The van der Waals surface area contributed by atoms with Gasteiger partial charge in [0.25, 0.3) is 0 Å². The molecule has 1 unspecified atom stereocenters. The van der Waals surface area contributed by atoms with Crippen LogP contribution in [0, 0.1) is 5.92 Å². The van der Waals surface area contributed by atoms with Gasteiger partial charge in [-0.05, 0) is 107 Å². The third kappa shape index (κ3) is 9.69. The zero-order chi connectivity index (χ0) is 42.7. The Kier molecular flexibility index (Phi) is 13.3. The largest absolute Gasteiger partial charge is 0.368 e. The maximum atomic E-state index is 6.82. The summed E-state index contributed by atoms with van der Waals surface area (Å²) in [5.41, 5.74) is 4.49. The normalized spacial score (nSPS) is 35.5. The maximum absolute atomic E-state index is 6.82. The SMILES string of the molecule is CCC(C)CC(CCCI)(c1cccc(CO[C@@H]2[C@H]3OC(C)(C)O[C@H]3O[C@@H]2[C@H]2COC(C)(C)O2)c1)c1cccc(CO[C@@H]2[C@H]3OC(C)(C)O[C@H]3O[C@@H]2[C@H]2COC(C)(C)O2)c1. The molecule has 0 aliphatic carbocycles. The zero-order valence-corrected chi connectivity index (χ0v) is 39.3. The molecule has 60 heavy (non-hydrogen) atoms. The highest BCUT2D eigenvalue weighted by Crippen LogP contribution is 2.46. The fraction of sp³-hybridized carbons (Fsp3) is 0.745. The number of rotatable bonds is 16. The van der Waals surface area contributed by atoms with E-state index in [0.29, 0.717) is 32.3 Å². The summed E-state index contributed by atoms with van der Waals surface area (Å²) >= 11 is 2.51. The van der Waals surface area contributed by atoms with Crippen molar-refractivity contribution in [2.75, 3.05) is 17.6 Å². The van der Waals surface area contributed by atoms with Crippen LogP contribution in [0.4, 0.5) is 0 Å². The van der Waals surface area contributed by atoms with Crippen LogP contribution < -0.4 is 0 Å².